The van der Waals surface area contributed by atoms with E-state index in [9.17, 15) is 18.0 Å². The molecule has 3 N–H and O–H groups in total. The standard InChI is InChI=1S/C21H27F3N8O/c1-29-5-8-31(9-6-29)10-7-30(2)17-4-3-14(12-26-17)13-32-15-11-16(21(22,23)24)27-19(25)18(15)28-20(32)33/h3-4,11-12H,5-10,13H2,1-2H3,(H2,25,27)(H,28,33). The number of nitrogens with two attached hydrogens (primary N) is 1. The number of nitrogens with one attached hydrogen (secondary N) is 1. The summed E-state index contributed by atoms with van der Waals surface area (Å²) in [7, 11) is 4.09. The molecule has 12 heteroatoms. The Labute approximate surface area is 188 Å². The van der Waals surface area contributed by atoms with E-state index >= 15 is 0 Å². The van der Waals surface area contributed by atoms with Crippen LogP contribution in [0.25, 0.3) is 11.0 Å². The normalized spacial score (nSPS) is 15.9. The minimum atomic E-state index is -4.67. The molecule has 1 aliphatic heterocycles. The zero-order chi connectivity index (χ0) is 23.8. The number of rotatable bonds is 6. The van der Waals surface area contributed by atoms with Gasteiger partial charge in [-0.2, -0.15) is 13.2 Å². The summed E-state index contributed by atoms with van der Waals surface area (Å²) in [5.74, 6) is 0.415. The highest BCUT2D eigenvalue weighted by Gasteiger charge is 2.34. The molecular formula is C21H27F3N8O. The van der Waals surface area contributed by atoms with Crippen LogP contribution in [-0.2, 0) is 12.7 Å². The molecule has 0 aliphatic carbocycles. The Balaban J connectivity index is 1.47. The minimum absolute atomic E-state index is 0.0493. The van der Waals surface area contributed by atoms with E-state index in [0.29, 0.717) is 5.56 Å². The van der Waals surface area contributed by atoms with Crippen LogP contribution < -0.4 is 16.3 Å². The van der Waals surface area contributed by atoms with Gasteiger partial charge in [0.25, 0.3) is 0 Å². The average molecular weight is 464 g/mol. The van der Waals surface area contributed by atoms with Gasteiger partial charge in [0.1, 0.15) is 22.8 Å². The summed E-state index contributed by atoms with van der Waals surface area (Å²) < 4.78 is 40.6. The number of likely N-dealkylation sites (N-methyl/N-ethyl adjacent to an activating group) is 2. The Morgan fingerprint density at radius 2 is 1.94 bits per heavy atom. The number of pyridine rings is 2. The third-order valence-electron chi connectivity index (χ3n) is 5.97. The van der Waals surface area contributed by atoms with E-state index in [4.69, 9.17) is 5.73 Å². The molecule has 0 unspecified atom stereocenters. The zero-order valence-electron chi connectivity index (χ0n) is 18.6. The van der Waals surface area contributed by atoms with Crippen molar-refractivity contribution >= 4 is 22.7 Å². The number of hydrogen-bond acceptors (Lipinski definition) is 7. The number of anilines is 2. The van der Waals surface area contributed by atoms with Crippen LogP contribution >= 0.6 is 0 Å². The highest BCUT2D eigenvalue weighted by molar-refractivity contribution is 5.85. The number of nitrogens with zero attached hydrogens (tertiary/aromatic N) is 6. The van der Waals surface area contributed by atoms with Crippen molar-refractivity contribution in [3.8, 4) is 0 Å². The van der Waals surface area contributed by atoms with Crippen molar-refractivity contribution in [2.75, 3.05) is 64.0 Å². The van der Waals surface area contributed by atoms with Crippen molar-refractivity contribution in [3.05, 3.63) is 46.1 Å². The predicted molar refractivity (Wildman–Crippen MR) is 120 cm³/mol. The lowest BCUT2D eigenvalue weighted by atomic mass is 10.2. The molecule has 0 saturated carbocycles. The van der Waals surface area contributed by atoms with Gasteiger partial charge in [-0.05, 0) is 24.7 Å². The van der Waals surface area contributed by atoms with E-state index in [1.807, 2.05) is 19.2 Å². The van der Waals surface area contributed by atoms with Crippen molar-refractivity contribution in [2.24, 2.45) is 0 Å². The molecule has 0 amide bonds. The van der Waals surface area contributed by atoms with Gasteiger partial charge in [-0.1, -0.05) is 6.07 Å². The van der Waals surface area contributed by atoms with Crippen molar-refractivity contribution < 1.29 is 13.2 Å². The lowest BCUT2D eigenvalue weighted by Gasteiger charge is -2.33. The molecule has 1 fully saturated rings. The molecule has 1 saturated heterocycles. The van der Waals surface area contributed by atoms with Crippen LogP contribution in [0.15, 0.2) is 29.2 Å². The summed E-state index contributed by atoms with van der Waals surface area (Å²) in [5.41, 5.74) is 4.76. The first kappa shape index (κ1) is 23.1. The van der Waals surface area contributed by atoms with Crippen LogP contribution in [0.2, 0.25) is 0 Å². The van der Waals surface area contributed by atoms with Gasteiger partial charge in [0.15, 0.2) is 0 Å². The summed E-state index contributed by atoms with van der Waals surface area (Å²) in [4.78, 5) is 29.5. The molecule has 0 spiro atoms. The van der Waals surface area contributed by atoms with Gasteiger partial charge in [-0.15, -0.1) is 0 Å². The molecule has 4 rings (SSSR count). The Kier molecular flexibility index (Phi) is 6.30. The van der Waals surface area contributed by atoms with Crippen LogP contribution in [-0.4, -0.2) is 82.7 Å². The molecule has 178 valence electrons. The first-order chi connectivity index (χ1) is 15.6. The number of piperazine rings is 1. The van der Waals surface area contributed by atoms with E-state index in [1.165, 1.54) is 4.57 Å². The van der Waals surface area contributed by atoms with Gasteiger partial charge in [-0.25, -0.2) is 14.8 Å². The van der Waals surface area contributed by atoms with Crippen molar-refractivity contribution in [1.29, 1.82) is 0 Å². The van der Waals surface area contributed by atoms with Gasteiger partial charge in [0, 0.05) is 52.5 Å². The summed E-state index contributed by atoms with van der Waals surface area (Å²) in [6.07, 6.45) is -3.04. The van der Waals surface area contributed by atoms with E-state index in [-0.39, 0.29) is 23.4 Å². The topological polar surface area (TPSA) is 99.3 Å². The van der Waals surface area contributed by atoms with Gasteiger partial charge in [0.2, 0.25) is 0 Å². The molecule has 0 atom stereocenters. The maximum atomic E-state index is 13.1. The van der Waals surface area contributed by atoms with Gasteiger partial charge < -0.3 is 20.5 Å². The smallest absolute Gasteiger partial charge is 0.382 e. The van der Waals surface area contributed by atoms with Crippen molar-refractivity contribution in [3.63, 3.8) is 0 Å². The third-order valence-corrected chi connectivity index (χ3v) is 5.97. The number of aromatic amines is 1. The quantitative estimate of drug-likeness (QED) is 0.570. The zero-order valence-corrected chi connectivity index (χ0v) is 18.6. The van der Waals surface area contributed by atoms with E-state index in [1.54, 1.807) is 6.20 Å². The predicted octanol–water partition coefficient (Wildman–Crippen LogP) is 1.45. The highest BCUT2D eigenvalue weighted by atomic mass is 19.4. The molecule has 33 heavy (non-hydrogen) atoms. The van der Waals surface area contributed by atoms with E-state index in [0.717, 1.165) is 51.2 Å². The molecule has 3 aromatic heterocycles. The second kappa shape index (κ2) is 9.02. The Bertz CT molecular complexity index is 1160. The molecule has 1 aliphatic rings. The average Bonchev–Trinajstić information content (AvgIpc) is 3.09. The molecular weight excluding hydrogens is 437 g/mol. The fraction of sp³-hybridized carbons (Fsp3) is 0.476. The molecule has 0 bridgehead atoms. The highest BCUT2D eigenvalue weighted by Crippen LogP contribution is 2.31. The van der Waals surface area contributed by atoms with Crippen LogP contribution in [0.5, 0.6) is 0 Å². The SMILES string of the molecule is CN1CCN(CCN(C)c2ccc(Cn3c(=O)[nH]c4c(N)nc(C(F)(F)F)cc43)cn2)CC1. The summed E-state index contributed by atoms with van der Waals surface area (Å²) in [5, 5.41) is 0. The molecule has 9 nitrogen and oxygen atoms in total. The number of alkyl halides is 3. The van der Waals surface area contributed by atoms with Crippen molar-refractivity contribution in [1.82, 2.24) is 29.3 Å². The number of halogens is 3. The van der Waals surface area contributed by atoms with Gasteiger partial charge >= 0.3 is 11.9 Å². The van der Waals surface area contributed by atoms with Crippen LogP contribution in [0.4, 0.5) is 24.8 Å². The van der Waals surface area contributed by atoms with Crippen LogP contribution in [0.1, 0.15) is 11.3 Å². The summed E-state index contributed by atoms with van der Waals surface area (Å²) >= 11 is 0. The lowest BCUT2D eigenvalue weighted by Crippen LogP contribution is -2.46. The molecule has 4 heterocycles. The number of nitrogen functional groups attached to an aromatic ring is 1. The number of hydrogen-bond donors (Lipinski definition) is 2. The Morgan fingerprint density at radius 1 is 1.21 bits per heavy atom. The number of imidazole rings is 1. The van der Waals surface area contributed by atoms with Crippen LogP contribution in [0.3, 0.4) is 0 Å². The van der Waals surface area contributed by atoms with Crippen LogP contribution in [0, 0.1) is 0 Å². The second-order valence-corrected chi connectivity index (χ2v) is 8.39. The maximum absolute atomic E-state index is 13.1. The molecule has 3 aromatic rings. The molecule has 0 aromatic carbocycles. The molecule has 0 radical (unpaired) electrons. The fourth-order valence-corrected chi connectivity index (χ4v) is 3.87. The number of aromatic nitrogens is 4. The fourth-order valence-electron chi connectivity index (χ4n) is 3.87. The first-order valence-electron chi connectivity index (χ1n) is 10.6. The largest absolute Gasteiger partial charge is 0.433 e. The summed E-state index contributed by atoms with van der Waals surface area (Å²) in [6.45, 7) is 6.04. The second-order valence-electron chi connectivity index (χ2n) is 8.39. The van der Waals surface area contributed by atoms with E-state index < -0.39 is 17.6 Å². The van der Waals surface area contributed by atoms with Gasteiger partial charge in [0.05, 0.1) is 12.1 Å². The van der Waals surface area contributed by atoms with E-state index in [2.05, 4.69) is 36.7 Å². The van der Waals surface area contributed by atoms with Gasteiger partial charge in [-0.3, -0.25) is 9.47 Å². The third kappa shape index (κ3) is 5.11. The first-order valence-corrected chi connectivity index (χ1v) is 10.6. The number of H-pyrrole nitrogens is 1. The lowest BCUT2D eigenvalue weighted by molar-refractivity contribution is -0.141. The Morgan fingerprint density at radius 3 is 2.58 bits per heavy atom. The minimum Gasteiger partial charge on any atom is -0.382 e. The van der Waals surface area contributed by atoms with Crippen molar-refractivity contribution in [2.45, 2.75) is 12.7 Å². The maximum Gasteiger partial charge on any atom is 0.433 e. The monoisotopic (exact) mass is 464 g/mol. The number of fused-ring (bicyclic) bond motifs is 1. The Hall–Kier alpha value is -3.12. The summed E-state index contributed by atoms with van der Waals surface area (Å²) in [6, 6.07) is 4.49.